The first kappa shape index (κ1) is 18.1. The highest BCUT2D eigenvalue weighted by Gasteiger charge is 2.44. The van der Waals surface area contributed by atoms with Crippen LogP contribution in [0.4, 0.5) is 26.1 Å². The van der Waals surface area contributed by atoms with Gasteiger partial charge in [-0.1, -0.05) is 0 Å². The zero-order valence-electron chi connectivity index (χ0n) is 16.0. The molecule has 8 heteroatoms. The highest BCUT2D eigenvalue weighted by molar-refractivity contribution is 5.64. The second kappa shape index (κ2) is 6.81. The van der Waals surface area contributed by atoms with Gasteiger partial charge in [-0.3, -0.25) is 0 Å². The Morgan fingerprint density at radius 2 is 1.83 bits per heavy atom. The molecular weight excluding hydrogens is 376 g/mol. The molecule has 0 amide bonds. The average molecular weight is 397 g/mol. The maximum Gasteiger partial charge on any atom is 0.246 e. The lowest BCUT2D eigenvalue weighted by Gasteiger charge is -2.37. The molecule has 29 heavy (non-hydrogen) atoms. The molecule has 0 saturated carbocycles. The lowest BCUT2D eigenvalue weighted by molar-refractivity contribution is -0.0985. The summed E-state index contributed by atoms with van der Waals surface area (Å²) in [5.41, 5.74) is 3.75. The van der Waals surface area contributed by atoms with Gasteiger partial charge < -0.3 is 15.0 Å². The first-order chi connectivity index (χ1) is 14.0. The number of nitrogens with one attached hydrogen (secondary N) is 1. The van der Waals surface area contributed by atoms with Crippen LogP contribution in [-0.2, 0) is 4.74 Å². The highest BCUT2D eigenvalue weighted by Crippen LogP contribution is 2.40. The lowest BCUT2D eigenvalue weighted by Crippen LogP contribution is -2.44. The summed E-state index contributed by atoms with van der Waals surface area (Å²) in [5.74, 6) is -0.960. The average Bonchev–Trinajstić information content (AvgIpc) is 3.27. The highest BCUT2D eigenvalue weighted by atomic mass is 19.1. The Labute approximate surface area is 167 Å². The largest absolute Gasteiger partial charge is 0.380 e. The van der Waals surface area contributed by atoms with Gasteiger partial charge in [-0.25, -0.2) is 13.5 Å². The predicted molar refractivity (Wildman–Crippen MR) is 106 cm³/mol. The van der Waals surface area contributed by atoms with Crippen molar-refractivity contribution in [1.82, 2.24) is 14.8 Å². The molecule has 3 aromatic rings. The van der Waals surface area contributed by atoms with E-state index < -0.39 is 11.6 Å². The SMILES string of the molecule is Cc1cc(Nc2ncn(-c3cc(F)cc(F)c3)n2)cc(N2CCC3(COC3)C2)c1. The summed E-state index contributed by atoms with van der Waals surface area (Å²) in [4.78, 5) is 6.61. The Morgan fingerprint density at radius 3 is 2.52 bits per heavy atom. The van der Waals surface area contributed by atoms with Crippen molar-refractivity contribution in [3.63, 3.8) is 0 Å². The molecule has 6 nitrogen and oxygen atoms in total. The minimum absolute atomic E-state index is 0.276. The van der Waals surface area contributed by atoms with E-state index in [1.807, 2.05) is 6.07 Å². The van der Waals surface area contributed by atoms with Crippen LogP contribution in [0.3, 0.4) is 0 Å². The molecule has 2 aliphatic rings. The van der Waals surface area contributed by atoms with Gasteiger partial charge in [-0.05, 0) is 49.2 Å². The number of anilines is 3. The van der Waals surface area contributed by atoms with Crippen LogP contribution in [0.5, 0.6) is 0 Å². The van der Waals surface area contributed by atoms with Gasteiger partial charge >= 0.3 is 0 Å². The summed E-state index contributed by atoms with van der Waals surface area (Å²) in [6, 6.07) is 9.51. The molecule has 0 radical (unpaired) electrons. The third kappa shape index (κ3) is 3.55. The molecule has 1 spiro atoms. The van der Waals surface area contributed by atoms with Crippen LogP contribution in [0.2, 0.25) is 0 Å². The Morgan fingerprint density at radius 1 is 1.03 bits per heavy atom. The summed E-state index contributed by atoms with van der Waals surface area (Å²) >= 11 is 0. The van der Waals surface area contributed by atoms with Crippen LogP contribution in [-0.4, -0.2) is 41.1 Å². The van der Waals surface area contributed by atoms with E-state index in [4.69, 9.17) is 4.74 Å². The van der Waals surface area contributed by atoms with Crippen molar-refractivity contribution in [2.24, 2.45) is 5.41 Å². The van der Waals surface area contributed by atoms with E-state index in [1.54, 1.807) is 0 Å². The molecule has 3 heterocycles. The number of benzene rings is 2. The summed E-state index contributed by atoms with van der Waals surface area (Å²) in [7, 11) is 0. The molecule has 150 valence electrons. The molecule has 1 aromatic heterocycles. The molecule has 2 aromatic carbocycles. The zero-order valence-corrected chi connectivity index (χ0v) is 16.0. The molecule has 1 N–H and O–H groups in total. The second-order valence-corrected chi connectivity index (χ2v) is 7.99. The number of halogens is 2. The van der Waals surface area contributed by atoms with E-state index in [0.29, 0.717) is 11.4 Å². The molecule has 2 saturated heterocycles. The predicted octanol–water partition coefficient (Wildman–Crippen LogP) is 3.82. The van der Waals surface area contributed by atoms with Gasteiger partial charge in [0.2, 0.25) is 5.95 Å². The minimum atomic E-state index is -0.659. The van der Waals surface area contributed by atoms with Gasteiger partial charge in [0.1, 0.15) is 18.0 Å². The molecular formula is C21H21F2N5O. The normalized spacial score (nSPS) is 17.6. The van der Waals surface area contributed by atoms with Gasteiger partial charge in [0.25, 0.3) is 0 Å². The Hall–Kier alpha value is -3.00. The Bertz CT molecular complexity index is 1040. The number of hydrogen-bond acceptors (Lipinski definition) is 5. The number of rotatable bonds is 4. The van der Waals surface area contributed by atoms with Crippen molar-refractivity contribution in [3.05, 3.63) is 59.9 Å². The summed E-state index contributed by atoms with van der Waals surface area (Å²) in [6.45, 7) is 5.78. The summed E-state index contributed by atoms with van der Waals surface area (Å²) in [5, 5.41) is 7.49. The monoisotopic (exact) mass is 397 g/mol. The fourth-order valence-corrected chi connectivity index (χ4v) is 4.04. The zero-order chi connectivity index (χ0) is 20.0. The first-order valence-electron chi connectivity index (χ1n) is 9.58. The van der Waals surface area contributed by atoms with Crippen molar-refractivity contribution in [1.29, 1.82) is 0 Å². The van der Waals surface area contributed by atoms with Gasteiger partial charge in [0.05, 0.1) is 18.9 Å². The van der Waals surface area contributed by atoms with Crippen molar-refractivity contribution >= 4 is 17.3 Å². The van der Waals surface area contributed by atoms with Crippen LogP contribution in [0, 0.1) is 24.0 Å². The van der Waals surface area contributed by atoms with E-state index in [1.165, 1.54) is 23.1 Å². The third-order valence-electron chi connectivity index (χ3n) is 5.54. The third-order valence-corrected chi connectivity index (χ3v) is 5.54. The van der Waals surface area contributed by atoms with Crippen molar-refractivity contribution in [3.8, 4) is 5.69 Å². The quantitative estimate of drug-likeness (QED) is 0.725. The van der Waals surface area contributed by atoms with E-state index >= 15 is 0 Å². The molecule has 5 rings (SSSR count). The molecule has 2 aliphatic heterocycles. The number of nitrogens with zero attached hydrogens (tertiary/aromatic N) is 4. The summed E-state index contributed by atoms with van der Waals surface area (Å²) < 4.78 is 33.7. The standard InChI is InChI=1S/C21H21F2N5O/c1-14-4-17(9-18(5-14)27-3-2-21(10-27)11-29-12-21)25-20-24-13-28(26-20)19-7-15(22)6-16(23)8-19/h4-9,13H,2-3,10-12H2,1H3,(H,25,26). The fourth-order valence-electron chi connectivity index (χ4n) is 4.04. The van der Waals surface area contributed by atoms with Crippen molar-refractivity contribution in [2.45, 2.75) is 13.3 Å². The summed E-state index contributed by atoms with van der Waals surface area (Å²) in [6.07, 6.45) is 2.58. The van der Waals surface area contributed by atoms with Crippen LogP contribution in [0.15, 0.2) is 42.7 Å². The lowest BCUT2D eigenvalue weighted by atomic mass is 9.85. The number of ether oxygens (including phenoxy) is 1. The smallest absolute Gasteiger partial charge is 0.246 e. The topological polar surface area (TPSA) is 55.2 Å². The second-order valence-electron chi connectivity index (χ2n) is 7.99. The van der Waals surface area contributed by atoms with Crippen molar-refractivity contribution < 1.29 is 13.5 Å². The van der Waals surface area contributed by atoms with Crippen molar-refractivity contribution in [2.75, 3.05) is 36.5 Å². The molecule has 0 aliphatic carbocycles. The van der Waals surface area contributed by atoms with E-state index in [0.717, 1.165) is 55.7 Å². The van der Waals surface area contributed by atoms with Crippen LogP contribution >= 0.6 is 0 Å². The van der Waals surface area contributed by atoms with Gasteiger partial charge in [0.15, 0.2) is 0 Å². The van der Waals surface area contributed by atoms with Gasteiger partial charge in [-0.15, -0.1) is 5.10 Å². The molecule has 0 atom stereocenters. The first-order valence-corrected chi connectivity index (χ1v) is 9.58. The van der Waals surface area contributed by atoms with Crippen LogP contribution in [0.25, 0.3) is 5.69 Å². The molecule has 2 fully saturated rings. The minimum Gasteiger partial charge on any atom is -0.380 e. The maximum absolute atomic E-state index is 13.5. The van der Waals surface area contributed by atoms with Crippen LogP contribution in [0.1, 0.15) is 12.0 Å². The van der Waals surface area contributed by atoms with Gasteiger partial charge in [-0.2, -0.15) is 4.98 Å². The van der Waals surface area contributed by atoms with E-state index in [2.05, 4.69) is 39.4 Å². The number of aryl methyl sites for hydroxylation is 1. The molecule has 0 bridgehead atoms. The van der Waals surface area contributed by atoms with E-state index in [-0.39, 0.29) is 5.69 Å². The fraction of sp³-hybridized carbons (Fsp3) is 0.333. The number of aromatic nitrogens is 3. The maximum atomic E-state index is 13.5. The molecule has 0 unspecified atom stereocenters. The number of hydrogen-bond donors (Lipinski definition) is 1. The van der Waals surface area contributed by atoms with Gasteiger partial charge in [0, 0.05) is 35.9 Å². The van der Waals surface area contributed by atoms with Crippen LogP contribution < -0.4 is 10.2 Å². The van der Waals surface area contributed by atoms with E-state index in [9.17, 15) is 8.78 Å². The Balaban J connectivity index is 1.36. The Kier molecular flexibility index (Phi) is 4.24.